The van der Waals surface area contributed by atoms with Gasteiger partial charge in [0.15, 0.2) is 0 Å². The number of hydrogen-bond acceptors (Lipinski definition) is 2. The molecule has 5 heteroatoms. The average Bonchev–Trinajstić information content (AvgIpc) is 3.02. The number of rotatable bonds is 6. The molecule has 0 saturated carbocycles. The first-order valence-corrected chi connectivity index (χ1v) is 9.45. The predicted octanol–water partition coefficient (Wildman–Crippen LogP) is 2.75. The lowest BCUT2D eigenvalue weighted by molar-refractivity contribution is -0.133. The number of carbonyl (C=O) groups excluding carboxylic acids is 2. The van der Waals surface area contributed by atoms with Gasteiger partial charge in [-0.3, -0.25) is 9.59 Å². The molecule has 0 radical (unpaired) electrons. The molecule has 2 amide bonds. The van der Waals surface area contributed by atoms with E-state index in [9.17, 15) is 9.59 Å². The van der Waals surface area contributed by atoms with Gasteiger partial charge in [0.1, 0.15) is 6.54 Å². The lowest BCUT2D eigenvalue weighted by atomic mass is 10.0. The molecule has 142 valence electrons. The number of nitrogens with one attached hydrogen (secondary N) is 1. The molecule has 1 aliphatic rings. The highest BCUT2D eigenvalue weighted by Crippen LogP contribution is 2.24. The van der Waals surface area contributed by atoms with Crippen molar-refractivity contribution in [2.75, 3.05) is 13.1 Å². The summed E-state index contributed by atoms with van der Waals surface area (Å²) in [5.41, 5.74) is 3.51. The van der Waals surface area contributed by atoms with Crippen molar-refractivity contribution in [1.29, 1.82) is 0 Å². The quantitative estimate of drug-likeness (QED) is 0.676. The molecule has 2 heterocycles. The summed E-state index contributed by atoms with van der Waals surface area (Å²) in [6.45, 7) is 4.84. The number of fused-ring (bicyclic) bond motifs is 1. The van der Waals surface area contributed by atoms with E-state index < -0.39 is 0 Å². The number of aromatic nitrogens is 1. The molecule has 0 bridgehead atoms. The van der Waals surface area contributed by atoms with E-state index in [2.05, 4.69) is 36.3 Å². The average molecular weight is 373 g/mol. The first-order valence-electron chi connectivity index (χ1n) is 9.45. The number of nitrogens with zero attached hydrogens (tertiary/aromatic N) is 2. The molecule has 1 aromatic heterocycles. The summed E-state index contributed by atoms with van der Waals surface area (Å²) < 4.78 is 2.01. The summed E-state index contributed by atoms with van der Waals surface area (Å²) in [6, 6.07) is 18.5. The standard InChI is InChI=1S/C23H23N3O2/c1-2-23(28)26-14-19(15-26)24-22(27)16-25-13-18(12-17-8-4-3-5-9-17)20-10-6-7-11-21(20)25/h2-11,13,19H,1,12,14-16H2,(H,24,27). The van der Waals surface area contributed by atoms with Crippen molar-refractivity contribution in [3.05, 3.63) is 84.6 Å². The van der Waals surface area contributed by atoms with E-state index in [4.69, 9.17) is 0 Å². The molecule has 1 saturated heterocycles. The van der Waals surface area contributed by atoms with Crippen LogP contribution in [-0.2, 0) is 22.6 Å². The Kier molecular flexibility index (Phi) is 4.98. The van der Waals surface area contributed by atoms with Gasteiger partial charge in [-0.15, -0.1) is 0 Å². The van der Waals surface area contributed by atoms with E-state index in [1.807, 2.05) is 41.0 Å². The van der Waals surface area contributed by atoms with Gasteiger partial charge in [-0.1, -0.05) is 55.1 Å². The zero-order valence-corrected chi connectivity index (χ0v) is 15.7. The Bertz CT molecular complexity index is 1020. The second kappa shape index (κ2) is 7.72. The van der Waals surface area contributed by atoms with Crippen LogP contribution in [0.4, 0.5) is 0 Å². The highest BCUT2D eigenvalue weighted by molar-refractivity contribution is 5.88. The van der Waals surface area contributed by atoms with Gasteiger partial charge in [0.25, 0.3) is 0 Å². The first-order chi connectivity index (χ1) is 13.6. The molecule has 1 fully saturated rings. The maximum absolute atomic E-state index is 12.5. The Labute approximate surface area is 164 Å². The van der Waals surface area contributed by atoms with Gasteiger partial charge in [0.05, 0.1) is 6.04 Å². The largest absolute Gasteiger partial charge is 0.348 e. The molecular weight excluding hydrogens is 350 g/mol. The van der Waals surface area contributed by atoms with Crippen molar-refractivity contribution in [2.24, 2.45) is 0 Å². The normalized spacial score (nSPS) is 13.9. The van der Waals surface area contributed by atoms with Gasteiger partial charge in [0, 0.05) is 30.2 Å². The predicted molar refractivity (Wildman–Crippen MR) is 110 cm³/mol. The minimum Gasteiger partial charge on any atom is -0.348 e. The topological polar surface area (TPSA) is 54.3 Å². The van der Waals surface area contributed by atoms with Gasteiger partial charge in [-0.05, 0) is 29.7 Å². The highest BCUT2D eigenvalue weighted by Gasteiger charge is 2.30. The van der Waals surface area contributed by atoms with Crippen LogP contribution in [0, 0.1) is 0 Å². The van der Waals surface area contributed by atoms with Gasteiger partial charge in [-0.25, -0.2) is 0 Å². The Balaban J connectivity index is 1.46. The fraction of sp³-hybridized carbons (Fsp3) is 0.217. The third kappa shape index (κ3) is 3.69. The van der Waals surface area contributed by atoms with Crippen LogP contribution in [0.3, 0.4) is 0 Å². The van der Waals surface area contributed by atoms with Crippen LogP contribution in [0.1, 0.15) is 11.1 Å². The van der Waals surface area contributed by atoms with Crippen LogP contribution >= 0.6 is 0 Å². The van der Waals surface area contributed by atoms with E-state index in [1.54, 1.807) is 4.90 Å². The van der Waals surface area contributed by atoms with Crippen LogP contribution in [0.5, 0.6) is 0 Å². The number of carbonyl (C=O) groups is 2. The fourth-order valence-electron chi connectivity index (χ4n) is 3.72. The van der Waals surface area contributed by atoms with Gasteiger partial charge in [-0.2, -0.15) is 0 Å². The number of likely N-dealkylation sites (tertiary alicyclic amines) is 1. The summed E-state index contributed by atoms with van der Waals surface area (Å²) in [5.74, 6) is -0.129. The molecule has 1 N–H and O–H groups in total. The SMILES string of the molecule is C=CC(=O)N1CC(NC(=O)Cn2cc(Cc3ccccc3)c3ccccc32)C1. The van der Waals surface area contributed by atoms with E-state index in [0.717, 1.165) is 11.9 Å². The van der Waals surface area contributed by atoms with Gasteiger partial charge in [0.2, 0.25) is 11.8 Å². The number of amides is 2. The van der Waals surface area contributed by atoms with Crippen molar-refractivity contribution in [3.8, 4) is 0 Å². The van der Waals surface area contributed by atoms with Crippen molar-refractivity contribution in [1.82, 2.24) is 14.8 Å². The van der Waals surface area contributed by atoms with E-state index >= 15 is 0 Å². The maximum atomic E-state index is 12.5. The summed E-state index contributed by atoms with van der Waals surface area (Å²) in [4.78, 5) is 25.7. The fourth-order valence-corrected chi connectivity index (χ4v) is 3.72. The molecule has 0 aliphatic carbocycles. The van der Waals surface area contributed by atoms with Crippen molar-refractivity contribution < 1.29 is 9.59 Å². The van der Waals surface area contributed by atoms with E-state index in [0.29, 0.717) is 13.1 Å². The molecule has 0 unspecified atom stereocenters. The second-order valence-electron chi connectivity index (χ2n) is 7.17. The molecular formula is C23H23N3O2. The van der Waals surface area contributed by atoms with Gasteiger partial charge < -0.3 is 14.8 Å². The zero-order chi connectivity index (χ0) is 19.5. The van der Waals surface area contributed by atoms with Crippen molar-refractivity contribution in [3.63, 3.8) is 0 Å². The van der Waals surface area contributed by atoms with Crippen LogP contribution in [0.15, 0.2) is 73.4 Å². The zero-order valence-electron chi connectivity index (χ0n) is 15.7. The van der Waals surface area contributed by atoms with Crippen LogP contribution in [-0.4, -0.2) is 40.4 Å². The highest BCUT2D eigenvalue weighted by atomic mass is 16.2. The van der Waals surface area contributed by atoms with Crippen LogP contribution < -0.4 is 5.32 Å². The number of benzene rings is 2. The Morgan fingerprint density at radius 3 is 2.54 bits per heavy atom. The molecule has 0 spiro atoms. The summed E-state index contributed by atoms with van der Waals surface area (Å²) in [7, 11) is 0. The molecule has 2 aromatic carbocycles. The lowest BCUT2D eigenvalue weighted by Crippen LogP contribution is -2.61. The molecule has 4 rings (SSSR count). The summed E-state index contributed by atoms with van der Waals surface area (Å²) in [5, 5.41) is 4.18. The van der Waals surface area contributed by atoms with Crippen molar-refractivity contribution in [2.45, 2.75) is 19.0 Å². The minimum absolute atomic E-state index is 0.0158. The van der Waals surface area contributed by atoms with E-state index in [1.165, 1.54) is 22.6 Å². The molecule has 28 heavy (non-hydrogen) atoms. The lowest BCUT2D eigenvalue weighted by Gasteiger charge is -2.38. The second-order valence-corrected chi connectivity index (χ2v) is 7.17. The third-order valence-electron chi connectivity index (χ3n) is 5.16. The number of hydrogen-bond donors (Lipinski definition) is 1. The van der Waals surface area contributed by atoms with Gasteiger partial charge >= 0.3 is 0 Å². The van der Waals surface area contributed by atoms with Crippen LogP contribution in [0.2, 0.25) is 0 Å². The molecule has 3 aromatic rings. The first kappa shape index (κ1) is 18.0. The van der Waals surface area contributed by atoms with Crippen LogP contribution in [0.25, 0.3) is 10.9 Å². The summed E-state index contributed by atoms with van der Waals surface area (Å²) in [6.07, 6.45) is 4.21. The molecule has 5 nitrogen and oxygen atoms in total. The maximum Gasteiger partial charge on any atom is 0.246 e. The Morgan fingerprint density at radius 2 is 1.79 bits per heavy atom. The Hall–Kier alpha value is -3.34. The molecule has 0 atom stereocenters. The smallest absolute Gasteiger partial charge is 0.246 e. The Morgan fingerprint density at radius 1 is 1.07 bits per heavy atom. The third-order valence-corrected chi connectivity index (χ3v) is 5.16. The number of para-hydroxylation sites is 1. The monoisotopic (exact) mass is 373 g/mol. The minimum atomic E-state index is -0.0903. The summed E-state index contributed by atoms with van der Waals surface area (Å²) >= 11 is 0. The molecule has 1 aliphatic heterocycles. The van der Waals surface area contributed by atoms with Crippen molar-refractivity contribution >= 4 is 22.7 Å². The van der Waals surface area contributed by atoms with E-state index in [-0.39, 0.29) is 24.4 Å².